The van der Waals surface area contributed by atoms with Crippen molar-refractivity contribution in [1.82, 2.24) is 0 Å². The third-order valence-electron chi connectivity index (χ3n) is 1.51. The normalized spacial score (nSPS) is 16.1. The van der Waals surface area contributed by atoms with E-state index in [0.29, 0.717) is 0 Å². The molecule has 118 valence electrons. The number of carbonyl (C=O) groups is 1. The summed E-state index contributed by atoms with van der Waals surface area (Å²) in [5, 5.41) is 51.8. The quantitative estimate of drug-likeness (QED) is 0.173. The first-order chi connectivity index (χ1) is 7.91. The van der Waals surface area contributed by atoms with Gasteiger partial charge in [0.05, 0.1) is 6.61 Å². The maximum atomic E-state index is 10.1. The molecule has 0 heterocycles. The van der Waals surface area contributed by atoms with E-state index in [0.717, 1.165) is 0 Å². The molecule has 11 nitrogen and oxygen atoms in total. The molecule has 0 saturated carbocycles. The fourth-order valence-electron chi connectivity index (χ4n) is 0.668. The van der Waals surface area contributed by atoms with Crippen molar-refractivity contribution >= 4 is 63.3 Å². The van der Waals surface area contributed by atoms with E-state index in [9.17, 15) is 4.79 Å². The zero-order valence-corrected chi connectivity index (χ0v) is 9.54. The van der Waals surface area contributed by atoms with Gasteiger partial charge in [-0.05, 0) is 0 Å². The van der Waals surface area contributed by atoms with E-state index < -0.39 is 47.4 Å². The van der Waals surface area contributed by atoms with Gasteiger partial charge in [0.2, 0.25) is 0 Å². The Labute approximate surface area is 146 Å². The Morgan fingerprint density at radius 1 is 1.00 bits per heavy atom. The zero-order chi connectivity index (χ0) is 15.1. The van der Waals surface area contributed by atoms with Crippen LogP contribution in [0.25, 0.3) is 0 Å². The number of carboxylic acids is 1. The third-order valence-corrected chi connectivity index (χ3v) is 1.51. The molecular weight excluding hydrogens is 330 g/mol. The molecule has 0 saturated heterocycles. The van der Waals surface area contributed by atoms with Crippen LogP contribution in [-0.4, -0.2) is 132 Å². The van der Waals surface area contributed by atoms with Gasteiger partial charge in [0, 0.05) is 0 Å². The van der Waals surface area contributed by atoms with Crippen molar-refractivity contribution in [2.75, 3.05) is 6.61 Å². The minimum absolute atomic E-state index is 0. The molecule has 0 aliphatic rings. The summed E-state index contributed by atoms with van der Waals surface area (Å²) in [5.41, 5.74) is 0. The summed E-state index contributed by atoms with van der Waals surface area (Å²) >= 11 is 0. The van der Waals surface area contributed by atoms with E-state index in [1.165, 1.54) is 0 Å². The minimum atomic E-state index is -4.67. The van der Waals surface area contributed by atoms with Gasteiger partial charge >= 0.3 is 45.9 Å². The summed E-state index contributed by atoms with van der Waals surface area (Å²) in [5.74, 6) is -1.73. The molecule has 0 rings (SSSR count). The molecule has 4 atom stereocenters. The fourth-order valence-corrected chi connectivity index (χ4v) is 0.668. The van der Waals surface area contributed by atoms with Gasteiger partial charge in [-0.1, -0.05) is 0 Å². The number of rotatable bonds is 5. The first-order valence-corrected chi connectivity index (χ1v) is 5.57. The summed E-state index contributed by atoms with van der Waals surface area (Å²) in [6.07, 6.45) is -7.84. The number of aliphatic carboxylic acids is 1. The molecule has 0 aliphatic heterocycles. The third kappa shape index (κ3) is 16.7. The van der Waals surface area contributed by atoms with Crippen LogP contribution >= 0.6 is 0 Å². The molecule has 0 fully saturated rings. The molecule has 8 N–H and O–H groups in total. The number of aliphatic hydroxyl groups is 5. The van der Waals surface area contributed by atoms with Gasteiger partial charge in [-0.2, -0.15) is 8.42 Å². The van der Waals surface area contributed by atoms with Crippen LogP contribution < -0.4 is 0 Å². The van der Waals surface area contributed by atoms with Gasteiger partial charge in [0.25, 0.3) is 0 Å². The van der Waals surface area contributed by atoms with E-state index >= 15 is 0 Å². The van der Waals surface area contributed by atoms with Gasteiger partial charge in [-0.3, -0.25) is 9.11 Å². The summed E-state index contributed by atoms with van der Waals surface area (Å²) in [6, 6.07) is 0. The topological polar surface area (TPSA) is 213 Å². The van der Waals surface area contributed by atoms with Crippen LogP contribution in [0.1, 0.15) is 0 Å². The van der Waals surface area contributed by atoms with Crippen LogP contribution in [0.15, 0.2) is 0 Å². The van der Waals surface area contributed by atoms with Crippen LogP contribution in [-0.2, 0) is 15.2 Å². The Bertz CT molecular complexity index is 341. The van der Waals surface area contributed by atoms with Crippen LogP contribution in [0.3, 0.4) is 0 Å². The second-order valence-electron chi connectivity index (χ2n) is 2.96. The molecule has 0 aliphatic carbocycles. The van der Waals surface area contributed by atoms with E-state index in [1.807, 2.05) is 0 Å². The van der Waals surface area contributed by atoms with Crippen molar-refractivity contribution in [1.29, 1.82) is 0 Å². The Morgan fingerprint density at radius 2 is 1.30 bits per heavy atom. The van der Waals surface area contributed by atoms with Crippen molar-refractivity contribution in [3.8, 4) is 0 Å². The number of aliphatic hydroxyl groups excluding tert-OH is 5. The Kier molecular flexibility index (Phi) is 19.2. The standard InChI is InChI=1S/C6H12O7.Al.Na.H2O4S.4H/c7-1-2(8)3(9)4(10)5(11)6(12)13;;;1-5(2,3)4;;;;/h2-5,7-11H,1H2,(H,12,13);;;(H2,1,2,3,4);;;;/t2-,3-,4+,5-;;;;;;;/m1......./s1. The molecule has 0 aromatic carbocycles. The van der Waals surface area contributed by atoms with E-state index in [4.69, 9.17) is 48.2 Å². The first-order valence-electron chi connectivity index (χ1n) is 4.17. The Hall–Kier alpha value is 0.672. The van der Waals surface area contributed by atoms with Gasteiger partial charge in [-0.15, -0.1) is 0 Å². The van der Waals surface area contributed by atoms with Crippen LogP contribution in [0, 0.1) is 0 Å². The van der Waals surface area contributed by atoms with Crippen molar-refractivity contribution in [3.05, 3.63) is 0 Å². The monoisotopic (exact) mass is 348 g/mol. The van der Waals surface area contributed by atoms with E-state index in [1.54, 1.807) is 0 Å². The predicted molar refractivity (Wildman–Crippen MR) is 70.0 cm³/mol. The molecule has 0 unspecified atom stereocenters. The summed E-state index contributed by atoms with van der Waals surface area (Å²) in [4.78, 5) is 10.1. The summed E-state index contributed by atoms with van der Waals surface area (Å²) in [6.45, 7) is -0.843. The molecule has 0 spiro atoms. The molecule has 0 bridgehead atoms. The molecule has 20 heavy (non-hydrogen) atoms. The average molecular weight is 348 g/mol. The second kappa shape index (κ2) is 13.3. The van der Waals surface area contributed by atoms with E-state index in [2.05, 4.69) is 0 Å². The van der Waals surface area contributed by atoms with Gasteiger partial charge in [0.15, 0.2) is 23.5 Å². The average Bonchev–Trinajstić information content (AvgIpc) is 2.22. The molecular formula is C6H18AlNaO11S. The SMILES string of the molecule is O=C(O)[C@H](O)[C@@H](O)[C@H](O)[C@H](O)CO.O=S(=O)(O)O.[AlH3].[NaH]. The number of hydrogen-bond acceptors (Lipinski definition) is 8. The molecule has 0 aromatic heterocycles. The van der Waals surface area contributed by atoms with Gasteiger partial charge in [-0.25, -0.2) is 4.79 Å². The van der Waals surface area contributed by atoms with Crippen LogP contribution in [0.5, 0.6) is 0 Å². The van der Waals surface area contributed by atoms with Gasteiger partial charge < -0.3 is 30.6 Å². The number of hydrogen-bond donors (Lipinski definition) is 8. The molecule has 0 radical (unpaired) electrons. The number of carboxylic acid groups (broad SMARTS) is 1. The summed E-state index contributed by atoms with van der Waals surface area (Å²) < 4.78 is 31.6. The van der Waals surface area contributed by atoms with Crippen molar-refractivity contribution < 1.29 is 53.0 Å². The molecule has 14 heteroatoms. The Morgan fingerprint density at radius 3 is 1.50 bits per heavy atom. The van der Waals surface area contributed by atoms with Crippen LogP contribution in [0.4, 0.5) is 0 Å². The van der Waals surface area contributed by atoms with Gasteiger partial charge in [0.1, 0.15) is 18.3 Å². The summed E-state index contributed by atoms with van der Waals surface area (Å²) in [7, 11) is -4.67. The first kappa shape index (κ1) is 28.8. The van der Waals surface area contributed by atoms with Crippen molar-refractivity contribution in [2.45, 2.75) is 24.4 Å². The van der Waals surface area contributed by atoms with Crippen molar-refractivity contribution in [3.63, 3.8) is 0 Å². The van der Waals surface area contributed by atoms with E-state index in [-0.39, 0.29) is 46.9 Å². The predicted octanol–water partition coefficient (Wildman–Crippen LogP) is -5.98. The Balaban J connectivity index is -0.000000158. The molecule has 0 amide bonds. The molecule has 0 aromatic rings. The maximum absolute atomic E-state index is 10.1. The fraction of sp³-hybridized carbons (Fsp3) is 0.833. The zero-order valence-electron chi connectivity index (χ0n) is 8.73. The second-order valence-corrected chi connectivity index (χ2v) is 3.86. The van der Waals surface area contributed by atoms with Crippen LogP contribution in [0.2, 0.25) is 0 Å². The van der Waals surface area contributed by atoms with Crippen molar-refractivity contribution in [2.24, 2.45) is 0 Å².